The monoisotopic (exact) mass is 213 g/mol. The minimum absolute atomic E-state index is 0.0488. The van der Waals surface area contributed by atoms with E-state index in [2.05, 4.69) is 5.32 Å². The van der Waals surface area contributed by atoms with Crippen molar-refractivity contribution in [3.8, 4) is 0 Å². The second-order valence-electron chi connectivity index (χ2n) is 4.13. The Morgan fingerprint density at radius 1 is 1.47 bits per heavy atom. The quantitative estimate of drug-likeness (QED) is 0.635. The molecule has 0 aromatic rings. The van der Waals surface area contributed by atoms with Crippen LogP contribution in [0.25, 0.3) is 0 Å². The number of hydrogen-bond donors (Lipinski definition) is 2. The first-order valence-corrected chi connectivity index (χ1v) is 5.22. The van der Waals surface area contributed by atoms with E-state index in [1.54, 1.807) is 19.0 Å². The Morgan fingerprint density at radius 3 is 2.47 bits per heavy atom. The van der Waals surface area contributed by atoms with Crippen molar-refractivity contribution in [2.75, 3.05) is 27.2 Å². The summed E-state index contributed by atoms with van der Waals surface area (Å²) in [6.07, 6.45) is 2.11. The zero-order valence-electron chi connectivity index (χ0n) is 9.38. The van der Waals surface area contributed by atoms with Crippen molar-refractivity contribution in [1.29, 1.82) is 0 Å². The van der Waals surface area contributed by atoms with Gasteiger partial charge in [0.2, 0.25) is 11.8 Å². The molecule has 1 aliphatic rings. The molecule has 0 aromatic heterocycles. The Kier molecular flexibility index (Phi) is 3.68. The molecule has 0 aromatic carbocycles. The molecule has 1 saturated carbocycles. The highest BCUT2D eigenvalue weighted by molar-refractivity contribution is 5.86. The van der Waals surface area contributed by atoms with E-state index in [-0.39, 0.29) is 17.2 Å². The molecular formula is C10H19N3O2. The minimum atomic E-state index is -0.308. The number of nitrogens with two attached hydrogens (primary N) is 1. The van der Waals surface area contributed by atoms with Crippen molar-refractivity contribution in [1.82, 2.24) is 10.2 Å². The van der Waals surface area contributed by atoms with Crippen molar-refractivity contribution >= 4 is 11.8 Å². The predicted molar refractivity (Wildman–Crippen MR) is 57.0 cm³/mol. The third kappa shape index (κ3) is 2.68. The first kappa shape index (κ1) is 12.0. The molecule has 0 atom stereocenters. The summed E-state index contributed by atoms with van der Waals surface area (Å²) in [5, 5.41) is 2.53. The Balaban J connectivity index is 2.37. The minimum Gasteiger partial charge on any atom is -0.359 e. The van der Waals surface area contributed by atoms with E-state index in [1.165, 1.54) is 0 Å². The molecule has 0 unspecified atom stereocenters. The van der Waals surface area contributed by atoms with E-state index in [4.69, 9.17) is 5.73 Å². The first-order chi connectivity index (χ1) is 7.05. The molecule has 1 aliphatic carbocycles. The lowest BCUT2D eigenvalue weighted by Crippen LogP contribution is -2.39. The van der Waals surface area contributed by atoms with Gasteiger partial charge in [-0.2, -0.15) is 0 Å². The van der Waals surface area contributed by atoms with Crippen LogP contribution in [0.1, 0.15) is 19.3 Å². The molecule has 2 amide bonds. The Labute approximate surface area is 90.0 Å². The number of rotatable bonds is 5. The van der Waals surface area contributed by atoms with Crippen LogP contribution in [-0.4, -0.2) is 43.9 Å². The van der Waals surface area contributed by atoms with E-state index < -0.39 is 0 Å². The molecule has 0 spiro atoms. The molecule has 1 rings (SSSR count). The lowest BCUT2D eigenvalue weighted by Gasteiger charge is -2.22. The largest absolute Gasteiger partial charge is 0.359 e. The van der Waals surface area contributed by atoms with Crippen molar-refractivity contribution in [2.45, 2.75) is 19.3 Å². The van der Waals surface area contributed by atoms with Crippen LogP contribution in [0.3, 0.4) is 0 Å². The third-order valence-electron chi connectivity index (χ3n) is 3.00. The van der Waals surface area contributed by atoms with Gasteiger partial charge in [0.25, 0.3) is 0 Å². The highest BCUT2D eigenvalue weighted by atomic mass is 16.2. The van der Waals surface area contributed by atoms with Crippen LogP contribution >= 0.6 is 0 Å². The van der Waals surface area contributed by atoms with E-state index in [9.17, 15) is 9.59 Å². The molecule has 1 fully saturated rings. The summed E-state index contributed by atoms with van der Waals surface area (Å²) in [5.74, 6) is 0.0288. The van der Waals surface area contributed by atoms with Gasteiger partial charge >= 0.3 is 0 Å². The van der Waals surface area contributed by atoms with Gasteiger partial charge in [0, 0.05) is 33.6 Å². The van der Waals surface area contributed by atoms with Crippen molar-refractivity contribution in [2.24, 2.45) is 11.1 Å². The molecule has 0 aliphatic heterocycles. The number of carbonyl (C=O) groups is 2. The van der Waals surface area contributed by atoms with Crippen LogP contribution in [0.15, 0.2) is 0 Å². The van der Waals surface area contributed by atoms with Gasteiger partial charge in [-0.3, -0.25) is 9.59 Å². The van der Waals surface area contributed by atoms with Crippen LogP contribution in [0, 0.1) is 5.41 Å². The molecular weight excluding hydrogens is 194 g/mol. The van der Waals surface area contributed by atoms with Crippen LogP contribution in [0.4, 0.5) is 0 Å². The zero-order chi connectivity index (χ0) is 11.5. The third-order valence-corrected chi connectivity index (χ3v) is 3.00. The van der Waals surface area contributed by atoms with Gasteiger partial charge in [0.1, 0.15) is 0 Å². The zero-order valence-corrected chi connectivity index (χ0v) is 9.38. The van der Waals surface area contributed by atoms with Crippen LogP contribution < -0.4 is 11.1 Å². The molecule has 0 bridgehead atoms. The number of nitrogens with zero attached hydrogens (tertiary/aromatic N) is 1. The summed E-state index contributed by atoms with van der Waals surface area (Å²) in [6.45, 7) is 0.871. The predicted octanol–water partition coefficient (Wildman–Crippen LogP) is -0.680. The van der Waals surface area contributed by atoms with Gasteiger partial charge in [-0.1, -0.05) is 0 Å². The van der Waals surface area contributed by atoms with Gasteiger partial charge in [0.15, 0.2) is 0 Å². The van der Waals surface area contributed by atoms with Crippen molar-refractivity contribution in [3.63, 3.8) is 0 Å². The Morgan fingerprint density at radius 2 is 2.07 bits per heavy atom. The summed E-state index contributed by atoms with van der Waals surface area (Å²) in [7, 11) is 3.31. The van der Waals surface area contributed by atoms with E-state index in [0.29, 0.717) is 19.5 Å². The summed E-state index contributed by atoms with van der Waals surface area (Å²) < 4.78 is 0. The summed E-state index contributed by atoms with van der Waals surface area (Å²) in [5.41, 5.74) is 5.25. The van der Waals surface area contributed by atoms with Gasteiger partial charge in [-0.25, -0.2) is 0 Å². The summed E-state index contributed by atoms with van der Waals surface area (Å²) in [4.78, 5) is 24.5. The maximum absolute atomic E-state index is 11.9. The van der Waals surface area contributed by atoms with Crippen molar-refractivity contribution in [3.05, 3.63) is 0 Å². The molecule has 86 valence electrons. The fraction of sp³-hybridized carbons (Fsp3) is 0.800. The fourth-order valence-corrected chi connectivity index (χ4v) is 1.56. The second kappa shape index (κ2) is 4.61. The Hall–Kier alpha value is -1.10. The van der Waals surface area contributed by atoms with E-state index >= 15 is 0 Å². The highest BCUT2D eigenvalue weighted by Crippen LogP contribution is 2.45. The summed E-state index contributed by atoms with van der Waals surface area (Å²) in [6, 6.07) is 0. The van der Waals surface area contributed by atoms with E-state index in [1.807, 2.05) is 0 Å². The van der Waals surface area contributed by atoms with E-state index in [0.717, 1.165) is 12.8 Å². The topological polar surface area (TPSA) is 75.4 Å². The van der Waals surface area contributed by atoms with Crippen LogP contribution in [-0.2, 0) is 9.59 Å². The molecule has 5 heteroatoms. The molecule has 5 nitrogen and oxygen atoms in total. The first-order valence-electron chi connectivity index (χ1n) is 5.22. The lowest BCUT2D eigenvalue weighted by molar-refractivity contribution is -0.135. The normalized spacial score (nSPS) is 17.0. The molecule has 0 saturated heterocycles. The average molecular weight is 213 g/mol. The average Bonchev–Trinajstić information content (AvgIpc) is 3.05. The van der Waals surface area contributed by atoms with Crippen LogP contribution in [0.5, 0.6) is 0 Å². The molecule has 15 heavy (non-hydrogen) atoms. The number of hydrogen-bond acceptors (Lipinski definition) is 3. The van der Waals surface area contributed by atoms with Gasteiger partial charge in [-0.05, 0) is 12.8 Å². The second-order valence-corrected chi connectivity index (χ2v) is 4.13. The number of nitrogens with one attached hydrogen (secondary N) is 1. The Bertz CT molecular complexity index is 261. The van der Waals surface area contributed by atoms with Gasteiger partial charge < -0.3 is 16.0 Å². The maximum Gasteiger partial charge on any atom is 0.229 e. The standard InChI is InChI=1S/C10H19N3O2/c1-12-8(14)3-6-13(2)9(15)10(7-11)4-5-10/h3-7,11H2,1-2H3,(H,12,14). The van der Waals surface area contributed by atoms with Crippen molar-refractivity contribution < 1.29 is 9.59 Å². The van der Waals surface area contributed by atoms with Gasteiger partial charge in [-0.15, -0.1) is 0 Å². The highest BCUT2D eigenvalue weighted by Gasteiger charge is 2.49. The summed E-state index contributed by atoms with van der Waals surface area (Å²) >= 11 is 0. The number of carbonyl (C=O) groups excluding carboxylic acids is 2. The lowest BCUT2D eigenvalue weighted by atomic mass is 10.1. The maximum atomic E-state index is 11.9. The smallest absolute Gasteiger partial charge is 0.229 e. The SMILES string of the molecule is CNC(=O)CCN(C)C(=O)C1(CN)CC1. The fourth-order valence-electron chi connectivity index (χ4n) is 1.56. The molecule has 0 radical (unpaired) electrons. The van der Waals surface area contributed by atoms with Gasteiger partial charge in [0.05, 0.1) is 5.41 Å². The molecule has 0 heterocycles. The number of amides is 2. The van der Waals surface area contributed by atoms with Crippen LogP contribution in [0.2, 0.25) is 0 Å². The molecule has 3 N–H and O–H groups in total.